The van der Waals surface area contributed by atoms with E-state index in [1.807, 2.05) is 13.8 Å². The Kier molecular flexibility index (Phi) is 10.6. The average molecular weight is 286 g/mol. The summed E-state index contributed by atoms with van der Waals surface area (Å²) in [7, 11) is -3.98. The van der Waals surface area contributed by atoms with Crippen LogP contribution in [0.5, 0.6) is 0 Å². The first-order valence-electron chi connectivity index (χ1n) is 4.79. The van der Waals surface area contributed by atoms with Gasteiger partial charge in [-0.15, -0.1) is 0 Å². The van der Waals surface area contributed by atoms with Crippen LogP contribution in [0, 0.1) is 0 Å². The quantitative estimate of drug-likeness (QED) is 0.264. The third-order valence-electron chi connectivity index (χ3n) is 1.73. The third kappa shape index (κ3) is 15.5. The molecule has 17 heavy (non-hydrogen) atoms. The van der Waals surface area contributed by atoms with Crippen LogP contribution in [0.2, 0.25) is 0 Å². The van der Waals surface area contributed by atoms with Gasteiger partial charge < -0.3 is 23.8 Å². The van der Waals surface area contributed by atoms with Crippen LogP contribution >= 0.6 is 7.82 Å². The summed E-state index contributed by atoms with van der Waals surface area (Å²) in [6.07, 6.45) is 1.78. The van der Waals surface area contributed by atoms with Crippen LogP contribution in [0.15, 0.2) is 12.7 Å². The first kappa shape index (κ1) is 18.9. The zero-order valence-corrected chi connectivity index (χ0v) is 13.0. The van der Waals surface area contributed by atoms with Gasteiger partial charge in [0.15, 0.2) is 0 Å². The van der Waals surface area contributed by atoms with Crippen LogP contribution in [0.1, 0.15) is 20.3 Å². The number of hydrogen-bond acceptors (Lipinski definition) is 4. The first-order chi connectivity index (χ1) is 7.65. The Labute approximate surface area is 103 Å². The van der Waals surface area contributed by atoms with E-state index in [1.54, 1.807) is 0 Å². The zero-order valence-electron chi connectivity index (χ0n) is 10.1. The second-order valence-corrected chi connectivity index (χ2v) is 4.54. The molecule has 9 heteroatoms. The van der Waals surface area contributed by atoms with Crippen molar-refractivity contribution in [1.82, 2.24) is 0 Å². The second kappa shape index (κ2) is 9.52. The Balaban J connectivity index is 0. The van der Waals surface area contributed by atoms with E-state index in [1.165, 1.54) is 6.08 Å². The molecule has 0 fully saturated rings. The highest BCUT2D eigenvalue weighted by molar-refractivity contribution is 7.45. The van der Waals surface area contributed by atoms with Crippen molar-refractivity contribution >= 4 is 24.3 Å². The van der Waals surface area contributed by atoms with Gasteiger partial charge in [0.1, 0.15) is 16.6 Å². The third-order valence-corrected chi connectivity index (χ3v) is 2.48. The fourth-order valence-corrected chi connectivity index (χ4v) is 1.16. The van der Waals surface area contributed by atoms with Gasteiger partial charge in [-0.1, -0.05) is 13.5 Å². The maximum absolute atomic E-state index is 10.8. The van der Waals surface area contributed by atoms with E-state index < -0.39 is 7.82 Å². The van der Waals surface area contributed by atoms with Crippen LogP contribution < -0.4 is 0 Å². The Morgan fingerprint density at radius 3 is 2.18 bits per heavy atom. The molecular weight excluding hydrogens is 267 g/mol. The van der Waals surface area contributed by atoms with Crippen LogP contribution in [0.25, 0.3) is 0 Å². The number of rotatable bonds is 5. The summed E-state index contributed by atoms with van der Waals surface area (Å²) < 4.78 is 19.1. The predicted molar refractivity (Wildman–Crippen MR) is 65.1 cm³/mol. The van der Waals surface area contributed by atoms with E-state index in [-0.39, 0.29) is 18.2 Å². The largest absolute Gasteiger partial charge is 0.466 e. The van der Waals surface area contributed by atoms with Crippen molar-refractivity contribution in [2.24, 2.45) is 0 Å². The van der Waals surface area contributed by atoms with Gasteiger partial charge in [0.25, 0.3) is 0 Å². The van der Waals surface area contributed by atoms with E-state index in [0.29, 0.717) is 10.5 Å². The Hall–Kier alpha value is -0.503. The molecule has 2 unspecified atom stereocenters. The lowest BCUT2D eigenvalue weighted by molar-refractivity contribution is -0.147. The summed E-state index contributed by atoms with van der Waals surface area (Å²) in [5.41, 5.74) is 0. The standard InChI is InChI=1S/C8H16O3Si.H3O4P/c1-4-7(6(3)11-12)10-8(9)5-2;1-5(2,3)4/h5-7H,2,4H2,1,3,12H3;(H3,1,2,3,4). The summed E-state index contributed by atoms with van der Waals surface area (Å²) in [6, 6.07) is 0. The molecule has 0 aliphatic rings. The van der Waals surface area contributed by atoms with Gasteiger partial charge in [-0.05, 0) is 13.3 Å². The van der Waals surface area contributed by atoms with Crippen LogP contribution in [0.4, 0.5) is 0 Å². The maximum Gasteiger partial charge on any atom is 0.466 e. The highest BCUT2D eigenvalue weighted by Gasteiger charge is 2.17. The van der Waals surface area contributed by atoms with Crippen molar-refractivity contribution in [1.29, 1.82) is 0 Å². The van der Waals surface area contributed by atoms with E-state index in [2.05, 4.69) is 6.58 Å². The van der Waals surface area contributed by atoms with Gasteiger partial charge in [0, 0.05) is 6.08 Å². The molecule has 3 N–H and O–H groups in total. The summed E-state index contributed by atoms with van der Waals surface area (Å²) in [5.74, 6) is -0.382. The highest BCUT2D eigenvalue weighted by Crippen LogP contribution is 2.25. The molecule has 0 aliphatic carbocycles. The fraction of sp³-hybridized carbons (Fsp3) is 0.625. The molecule has 0 aromatic carbocycles. The molecule has 0 saturated heterocycles. The highest BCUT2D eigenvalue weighted by atomic mass is 31.2. The molecule has 102 valence electrons. The monoisotopic (exact) mass is 286 g/mol. The number of esters is 1. The van der Waals surface area contributed by atoms with Gasteiger partial charge in [-0.2, -0.15) is 0 Å². The zero-order chi connectivity index (χ0) is 14.1. The molecular formula is C8H19O7PSi. The minimum Gasteiger partial charge on any atom is -0.457 e. The van der Waals surface area contributed by atoms with Gasteiger partial charge >= 0.3 is 13.8 Å². The smallest absolute Gasteiger partial charge is 0.457 e. The van der Waals surface area contributed by atoms with Gasteiger partial charge in [-0.3, -0.25) is 0 Å². The van der Waals surface area contributed by atoms with Crippen LogP contribution in [-0.2, 0) is 18.5 Å². The molecule has 2 atom stereocenters. The van der Waals surface area contributed by atoms with E-state index in [9.17, 15) is 4.79 Å². The predicted octanol–water partition coefficient (Wildman–Crippen LogP) is -0.749. The summed E-state index contributed by atoms with van der Waals surface area (Å²) in [4.78, 5) is 32.4. The van der Waals surface area contributed by atoms with Crippen molar-refractivity contribution in [3.8, 4) is 0 Å². The van der Waals surface area contributed by atoms with Crippen molar-refractivity contribution in [2.75, 3.05) is 0 Å². The molecule has 0 aromatic rings. The van der Waals surface area contributed by atoms with Crippen LogP contribution in [0.3, 0.4) is 0 Å². The van der Waals surface area contributed by atoms with Crippen molar-refractivity contribution in [3.05, 3.63) is 12.7 Å². The van der Waals surface area contributed by atoms with Crippen molar-refractivity contribution < 1.29 is 33.2 Å². The maximum atomic E-state index is 10.8. The van der Waals surface area contributed by atoms with Crippen LogP contribution in [-0.4, -0.2) is 43.3 Å². The normalized spacial score (nSPS) is 14.2. The molecule has 0 saturated carbocycles. The van der Waals surface area contributed by atoms with E-state index >= 15 is 0 Å². The number of phosphoric acid groups is 1. The van der Waals surface area contributed by atoms with Gasteiger partial charge in [0.2, 0.25) is 0 Å². The SMILES string of the molecule is C=CC(=O)OC(CC)C(C)O[SiH3].O=P(O)(O)O. The Bertz CT molecular complexity index is 269. The first-order valence-corrected chi connectivity index (χ1v) is 7.18. The number of carbonyl (C=O) groups excluding carboxylic acids is 1. The lowest BCUT2D eigenvalue weighted by Gasteiger charge is -2.21. The van der Waals surface area contributed by atoms with E-state index in [4.69, 9.17) is 28.4 Å². The van der Waals surface area contributed by atoms with Gasteiger partial charge in [0.05, 0.1) is 6.10 Å². The lowest BCUT2D eigenvalue weighted by Crippen LogP contribution is -2.29. The molecule has 7 nitrogen and oxygen atoms in total. The molecule has 0 rings (SSSR count). The van der Waals surface area contributed by atoms with Crippen molar-refractivity contribution in [2.45, 2.75) is 32.5 Å². The van der Waals surface area contributed by atoms with Gasteiger partial charge in [-0.25, -0.2) is 9.36 Å². The van der Waals surface area contributed by atoms with E-state index in [0.717, 1.165) is 6.42 Å². The Morgan fingerprint density at radius 2 is 1.94 bits per heavy atom. The van der Waals surface area contributed by atoms with Crippen molar-refractivity contribution in [3.63, 3.8) is 0 Å². The molecule has 0 heterocycles. The molecule has 0 aliphatic heterocycles. The molecule has 0 spiro atoms. The minimum atomic E-state index is -4.64. The minimum absolute atomic E-state index is 0.00873. The second-order valence-electron chi connectivity index (χ2n) is 3.04. The summed E-state index contributed by atoms with van der Waals surface area (Å²) in [6.45, 7) is 7.18. The number of hydrogen-bond donors (Lipinski definition) is 3. The summed E-state index contributed by atoms with van der Waals surface area (Å²) >= 11 is 0. The Morgan fingerprint density at radius 1 is 1.53 bits per heavy atom. The number of carbonyl (C=O) groups is 1. The average Bonchev–Trinajstić information content (AvgIpc) is 2.22. The molecule has 0 amide bonds. The number of ether oxygens (including phenoxy) is 1. The summed E-state index contributed by atoms with van der Waals surface area (Å²) in [5, 5.41) is 0. The molecule has 0 bridgehead atoms. The molecule has 0 aromatic heterocycles. The fourth-order valence-electron chi connectivity index (χ4n) is 0.860. The lowest BCUT2D eigenvalue weighted by atomic mass is 10.2. The topological polar surface area (TPSA) is 113 Å². The molecule has 0 radical (unpaired) electrons.